The maximum atomic E-state index is 8.76. The molecule has 0 heterocycles. The third-order valence-electron chi connectivity index (χ3n) is 1.07. The van der Waals surface area contributed by atoms with Crippen LogP contribution in [0.4, 0.5) is 0 Å². The van der Waals surface area contributed by atoms with Crippen LogP contribution in [-0.2, 0) is 11.8 Å². The van der Waals surface area contributed by atoms with Crippen LogP contribution in [0.1, 0.15) is 26.2 Å². The third kappa shape index (κ3) is 10.9. The molecule has 0 unspecified atom stereocenters. The first-order valence-corrected chi connectivity index (χ1v) is 7.66. The second-order valence-electron chi connectivity index (χ2n) is 2.18. The van der Waals surface area contributed by atoms with Crippen molar-refractivity contribution < 1.29 is 9.79 Å². The van der Waals surface area contributed by atoms with Crippen LogP contribution in [0.2, 0.25) is 0 Å². The van der Waals surface area contributed by atoms with Crippen molar-refractivity contribution in [2.75, 3.05) is 6.54 Å². The van der Waals surface area contributed by atoms with Gasteiger partial charge in [0, 0.05) is 18.1 Å². The summed E-state index contributed by atoms with van der Waals surface area (Å²) in [5, 5.41) is 0. The van der Waals surface area contributed by atoms with E-state index in [2.05, 4.69) is 23.5 Å². The minimum Gasteiger partial charge on any atom is -0.337 e. The van der Waals surface area contributed by atoms with Gasteiger partial charge < -0.3 is 9.79 Å². The van der Waals surface area contributed by atoms with Crippen molar-refractivity contribution in [3.05, 3.63) is 0 Å². The highest BCUT2D eigenvalue weighted by Crippen LogP contribution is 2.48. The van der Waals surface area contributed by atoms with Gasteiger partial charge in [-0.1, -0.05) is 19.8 Å². The normalized spacial score (nSPS) is 11.9. The first-order chi connectivity index (χ1) is 5.06. The maximum Gasteiger partial charge on any atom is 0.257 e. The Morgan fingerprint density at radius 3 is 2.55 bits per heavy atom. The molecule has 0 radical (unpaired) electrons. The van der Waals surface area contributed by atoms with E-state index in [0.29, 0.717) is 0 Å². The number of nitrogens with one attached hydrogen (secondary N) is 1. The summed E-state index contributed by atoms with van der Waals surface area (Å²) >= 11 is 5.26. The Bertz CT molecular complexity index is 138. The van der Waals surface area contributed by atoms with Crippen molar-refractivity contribution in [3.8, 4) is 0 Å². The van der Waals surface area contributed by atoms with E-state index in [-0.39, 0.29) is 0 Å². The lowest BCUT2D eigenvalue weighted by Gasteiger charge is -2.06. The van der Waals surface area contributed by atoms with Crippen LogP contribution in [0.25, 0.3) is 0 Å². The summed E-state index contributed by atoms with van der Waals surface area (Å²) in [5.74, 6) is 0. The molecule has 0 bridgehead atoms. The molecule has 0 aromatic carbocycles. The van der Waals surface area contributed by atoms with E-state index < -0.39 is 5.69 Å². The van der Waals surface area contributed by atoms with Gasteiger partial charge >= 0.3 is 0 Å². The van der Waals surface area contributed by atoms with Gasteiger partial charge in [0.05, 0.1) is 0 Å². The fourth-order valence-corrected chi connectivity index (χ4v) is 2.23. The van der Waals surface area contributed by atoms with Crippen molar-refractivity contribution in [1.82, 2.24) is 4.72 Å². The van der Waals surface area contributed by atoms with Gasteiger partial charge in [0.1, 0.15) is 0 Å². The number of hydrogen-bond acceptors (Lipinski definition) is 3. The first kappa shape index (κ1) is 11.9. The Balaban J connectivity index is 3.09. The van der Waals surface area contributed by atoms with Gasteiger partial charge in [0.2, 0.25) is 0 Å². The SMILES string of the molecule is CCCCCNSP(O)(O)=S. The Morgan fingerprint density at radius 2 is 2.09 bits per heavy atom. The zero-order valence-corrected chi connectivity index (χ0v) is 9.01. The molecule has 0 aliphatic rings. The fraction of sp³-hybridized carbons (Fsp3) is 1.00. The van der Waals surface area contributed by atoms with E-state index in [1.54, 1.807) is 0 Å². The van der Waals surface area contributed by atoms with Gasteiger partial charge in [-0.3, -0.25) is 4.72 Å². The topological polar surface area (TPSA) is 52.5 Å². The lowest BCUT2D eigenvalue weighted by Crippen LogP contribution is -2.04. The lowest BCUT2D eigenvalue weighted by atomic mass is 10.3. The zero-order valence-electron chi connectivity index (χ0n) is 6.49. The summed E-state index contributed by atoms with van der Waals surface area (Å²) in [5.41, 5.74) is -3.08. The van der Waals surface area contributed by atoms with Crippen molar-refractivity contribution in [2.45, 2.75) is 26.2 Å². The molecule has 0 aliphatic heterocycles. The highest BCUT2D eigenvalue weighted by Gasteiger charge is 2.05. The van der Waals surface area contributed by atoms with Crippen LogP contribution < -0.4 is 4.72 Å². The van der Waals surface area contributed by atoms with Crippen LogP contribution in [0, 0.1) is 0 Å². The average Bonchev–Trinajstić information content (AvgIpc) is 1.85. The predicted molar refractivity (Wildman–Crippen MR) is 53.8 cm³/mol. The molecule has 0 saturated heterocycles. The van der Waals surface area contributed by atoms with Gasteiger partial charge in [-0.25, -0.2) is 0 Å². The molecule has 6 heteroatoms. The zero-order chi connectivity index (χ0) is 8.74. The summed E-state index contributed by atoms with van der Waals surface area (Å²) in [6.07, 6.45) is 3.38. The molecule has 0 aliphatic carbocycles. The Kier molecular flexibility index (Phi) is 6.91. The van der Waals surface area contributed by atoms with E-state index in [1.165, 1.54) is 6.42 Å². The Hall–Kier alpha value is 0.880. The van der Waals surface area contributed by atoms with Crippen LogP contribution in [-0.4, -0.2) is 16.3 Å². The number of hydrogen-bond donors (Lipinski definition) is 3. The molecule has 0 atom stereocenters. The standard InChI is InChI=1S/C5H14NO2PS2/c1-2-3-4-5-6-11-9(7,8)10/h6H,2-5H2,1H3,(H2,7,8,10). The van der Waals surface area contributed by atoms with Crippen molar-refractivity contribution >= 4 is 29.1 Å². The highest BCUT2D eigenvalue weighted by molar-refractivity contribution is 8.66. The quantitative estimate of drug-likeness (QED) is 0.357. The molecule has 0 spiro atoms. The molecule has 0 aromatic heterocycles. The van der Waals surface area contributed by atoms with Gasteiger partial charge in [0.15, 0.2) is 0 Å². The molecule has 0 saturated carbocycles. The lowest BCUT2D eigenvalue weighted by molar-refractivity contribution is 0.501. The molecule has 68 valence electrons. The minimum atomic E-state index is -3.08. The van der Waals surface area contributed by atoms with E-state index in [1.807, 2.05) is 0 Å². The monoisotopic (exact) mass is 215 g/mol. The predicted octanol–water partition coefficient (Wildman–Crippen LogP) is 1.62. The van der Waals surface area contributed by atoms with Crippen LogP contribution in [0.5, 0.6) is 0 Å². The van der Waals surface area contributed by atoms with E-state index in [9.17, 15) is 0 Å². The maximum absolute atomic E-state index is 8.76. The van der Waals surface area contributed by atoms with Gasteiger partial charge in [0.25, 0.3) is 5.69 Å². The van der Waals surface area contributed by atoms with Crippen LogP contribution in [0.15, 0.2) is 0 Å². The minimum absolute atomic E-state index is 0.790. The van der Waals surface area contributed by atoms with E-state index in [4.69, 9.17) is 9.79 Å². The smallest absolute Gasteiger partial charge is 0.257 e. The molecule has 3 N–H and O–H groups in total. The van der Waals surface area contributed by atoms with Crippen molar-refractivity contribution in [1.29, 1.82) is 0 Å². The molecule has 0 aromatic rings. The van der Waals surface area contributed by atoms with E-state index in [0.717, 1.165) is 31.0 Å². The van der Waals surface area contributed by atoms with Gasteiger partial charge in [-0.05, 0) is 18.2 Å². The summed E-state index contributed by atoms with van der Waals surface area (Å²) in [7, 11) is 0. The summed E-state index contributed by atoms with van der Waals surface area (Å²) in [6, 6.07) is 0. The van der Waals surface area contributed by atoms with Crippen molar-refractivity contribution in [2.24, 2.45) is 0 Å². The van der Waals surface area contributed by atoms with E-state index >= 15 is 0 Å². The summed E-state index contributed by atoms with van der Waals surface area (Å²) in [6.45, 7) is 2.91. The molecule has 0 fully saturated rings. The van der Waals surface area contributed by atoms with Crippen LogP contribution >= 0.6 is 17.3 Å². The number of rotatable bonds is 6. The second-order valence-corrected chi connectivity index (χ2v) is 7.93. The van der Waals surface area contributed by atoms with Gasteiger partial charge in [-0.2, -0.15) is 0 Å². The first-order valence-electron chi connectivity index (χ1n) is 3.53. The average molecular weight is 215 g/mol. The number of unbranched alkanes of at least 4 members (excludes halogenated alkanes) is 2. The Morgan fingerprint density at radius 1 is 1.45 bits per heavy atom. The molecule has 0 rings (SSSR count). The second kappa shape index (κ2) is 6.40. The molecule has 3 nitrogen and oxygen atoms in total. The van der Waals surface area contributed by atoms with Crippen LogP contribution in [0.3, 0.4) is 0 Å². The highest BCUT2D eigenvalue weighted by atomic mass is 32.9. The molecule has 0 amide bonds. The molecular formula is C5H14NO2PS2. The van der Waals surface area contributed by atoms with Gasteiger partial charge in [-0.15, -0.1) is 0 Å². The third-order valence-corrected chi connectivity index (χ3v) is 3.41. The summed E-state index contributed by atoms with van der Waals surface area (Å²) < 4.78 is 2.82. The molecular weight excluding hydrogens is 201 g/mol. The fourth-order valence-electron chi connectivity index (χ4n) is 0.577. The summed E-state index contributed by atoms with van der Waals surface area (Å²) in [4.78, 5) is 17.5. The molecule has 11 heavy (non-hydrogen) atoms. The largest absolute Gasteiger partial charge is 0.337 e. The van der Waals surface area contributed by atoms with Crippen molar-refractivity contribution in [3.63, 3.8) is 0 Å². The Labute approximate surface area is 76.6 Å².